The van der Waals surface area contributed by atoms with Crippen LogP contribution in [-0.2, 0) is 9.59 Å². The van der Waals surface area contributed by atoms with Gasteiger partial charge >= 0.3 is 0 Å². The van der Waals surface area contributed by atoms with Crippen molar-refractivity contribution in [2.24, 2.45) is 16.8 Å². The van der Waals surface area contributed by atoms with E-state index in [0.29, 0.717) is 18.4 Å². The van der Waals surface area contributed by atoms with Crippen molar-refractivity contribution in [3.8, 4) is 22.3 Å². The lowest BCUT2D eigenvalue weighted by atomic mass is 9.95. The van der Waals surface area contributed by atoms with E-state index in [1.165, 1.54) is 5.56 Å². The Balaban J connectivity index is 1.06. The average molecular weight is 505 g/mol. The number of hydrogen-bond donors (Lipinski definition) is 0. The molecule has 0 atom stereocenters. The first-order valence-corrected chi connectivity index (χ1v) is 13.9. The number of amides is 2. The summed E-state index contributed by atoms with van der Waals surface area (Å²) in [5.74, 6) is 2.01. The topological polar surface area (TPSA) is 65.9 Å². The van der Waals surface area contributed by atoms with E-state index in [-0.39, 0.29) is 11.8 Å². The minimum Gasteiger partial charge on any atom is -0.342 e. The van der Waals surface area contributed by atoms with Crippen molar-refractivity contribution in [2.45, 2.75) is 44.1 Å². The summed E-state index contributed by atoms with van der Waals surface area (Å²) in [7, 11) is 0. The van der Waals surface area contributed by atoms with Gasteiger partial charge in [0.2, 0.25) is 5.91 Å². The summed E-state index contributed by atoms with van der Waals surface area (Å²) in [4.78, 5) is 38.9. The average Bonchev–Trinajstić information content (AvgIpc) is 3.91. The smallest absolute Gasteiger partial charge is 0.256 e. The summed E-state index contributed by atoms with van der Waals surface area (Å²) in [6.45, 7) is 2.33. The van der Waals surface area contributed by atoms with E-state index in [2.05, 4.69) is 53.5 Å². The number of nitrogens with zero attached hydrogens (tertiary/aromatic N) is 4. The molecule has 0 bridgehead atoms. The maximum atomic E-state index is 13.4. The zero-order valence-electron chi connectivity index (χ0n) is 21.6. The lowest BCUT2D eigenvalue weighted by molar-refractivity contribution is -0.134. The van der Waals surface area contributed by atoms with Gasteiger partial charge in [0.25, 0.3) is 5.91 Å². The highest BCUT2D eigenvalue weighted by molar-refractivity contribution is 6.16. The molecule has 0 unspecified atom stereocenters. The van der Waals surface area contributed by atoms with Gasteiger partial charge in [-0.1, -0.05) is 48.5 Å². The number of pyridine rings is 1. The van der Waals surface area contributed by atoms with Crippen LogP contribution in [0.15, 0.2) is 78.0 Å². The van der Waals surface area contributed by atoms with Crippen molar-refractivity contribution >= 4 is 17.6 Å². The van der Waals surface area contributed by atoms with Gasteiger partial charge in [-0.25, -0.2) is 0 Å². The fourth-order valence-corrected chi connectivity index (χ4v) is 5.89. The number of aromatic nitrogens is 1. The van der Waals surface area contributed by atoms with Gasteiger partial charge in [-0.05, 0) is 78.8 Å². The standard InChI is InChI=1S/C32H32N4O2/c37-30(28-9-10-28)35-19-13-22(14-20-35)21-36-29(34-32(15-16-32)31(36)38)27-7-5-24(6-8-27)23-1-3-25(4-2-23)26-11-17-33-18-12-26/h1-8,11-12,17-18,22,28H,9-10,13-16,19-21H2. The molecular weight excluding hydrogens is 472 g/mol. The number of carbonyl (C=O) groups excluding carboxylic acids is 2. The normalized spacial score (nSPS) is 20.6. The van der Waals surface area contributed by atoms with Gasteiger partial charge in [0.15, 0.2) is 0 Å². The van der Waals surface area contributed by atoms with Crippen LogP contribution in [0.4, 0.5) is 0 Å². The lowest BCUT2D eigenvalue weighted by Gasteiger charge is -2.34. The van der Waals surface area contributed by atoms with Gasteiger partial charge in [0, 0.05) is 43.5 Å². The van der Waals surface area contributed by atoms with E-state index in [1.54, 1.807) is 0 Å². The molecule has 6 nitrogen and oxygen atoms in total. The van der Waals surface area contributed by atoms with Gasteiger partial charge in [-0.15, -0.1) is 0 Å². The van der Waals surface area contributed by atoms with Gasteiger partial charge < -0.3 is 4.90 Å². The molecule has 2 aromatic carbocycles. The van der Waals surface area contributed by atoms with Gasteiger partial charge in [-0.3, -0.25) is 24.5 Å². The summed E-state index contributed by atoms with van der Waals surface area (Å²) in [6.07, 6.45) is 9.34. The van der Waals surface area contributed by atoms with Crippen molar-refractivity contribution in [1.29, 1.82) is 0 Å². The molecule has 1 saturated heterocycles. The van der Waals surface area contributed by atoms with Crippen LogP contribution >= 0.6 is 0 Å². The minimum atomic E-state index is -0.514. The monoisotopic (exact) mass is 504 g/mol. The molecule has 192 valence electrons. The van der Waals surface area contributed by atoms with Gasteiger partial charge in [-0.2, -0.15) is 0 Å². The maximum Gasteiger partial charge on any atom is 0.256 e. The fourth-order valence-electron chi connectivity index (χ4n) is 5.89. The van der Waals surface area contributed by atoms with Crippen molar-refractivity contribution in [2.75, 3.05) is 19.6 Å². The molecule has 6 heteroatoms. The summed E-state index contributed by atoms with van der Waals surface area (Å²) >= 11 is 0. The second-order valence-corrected chi connectivity index (χ2v) is 11.3. The summed E-state index contributed by atoms with van der Waals surface area (Å²) in [5.41, 5.74) is 5.10. The number of hydrogen-bond acceptors (Lipinski definition) is 4. The Morgan fingerprint density at radius 3 is 1.82 bits per heavy atom. The highest BCUT2D eigenvalue weighted by Gasteiger charge is 2.57. The molecule has 4 aliphatic rings. The Hall–Kier alpha value is -3.80. The molecule has 2 saturated carbocycles. The van der Waals surface area contributed by atoms with Crippen LogP contribution in [0.2, 0.25) is 0 Å². The maximum absolute atomic E-state index is 13.4. The molecule has 3 aromatic rings. The molecule has 2 aliphatic heterocycles. The van der Waals surface area contributed by atoms with Gasteiger partial charge in [0.1, 0.15) is 11.4 Å². The second kappa shape index (κ2) is 9.19. The number of piperidine rings is 1. The lowest BCUT2D eigenvalue weighted by Crippen LogP contribution is -2.45. The quantitative estimate of drug-likeness (QED) is 0.464. The third kappa shape index (κ3) is 4.32. The summed E-state index contributed by atoms with van der Waals surface area (Å²) < 4.78 is 0. The Labute approximate surface area is 223 Å². The van der Waals surface area contributed by atoms with Crippen LogP contribution in [0.5, 0.6) is 0 Å². The van der Waals surface area contributed by atoms with E-state index in [9.17, 15) is 9.59 Å². The highest BCUT2D eigenvalue weighted by Crippen LogP contribution is 2.46. The van der Waals surface area contributed by atoms with E-state index in [0.717, 1.165) is 79.7 Å². The first kappa shape index (κ1) is 23.3. The number of rotatable bonds is 6. The molecule has 3 fully saturated rings. The first-order chi connectivity index (χ1) is 18.6. The largest absolute Gasteiger partial charge is 0.342 e. The molecule has 1 aromatic heterocycles. The number of aliphatic imine (C=N–C) groups is 1. The predicted octanol–water partition coefficient (Wildman–Crippen LogP) is 5.19. The zero-order valence-corrected chi connectivity index (χ0v) is 21.6. The van der Waals surface area contributed by atoms with Crippen LogP contribution in [0, 0.1) is 11.8 Å². The molecule has 2 aliphatic carbocycles. The number of amidine groups is 1. The third-order valence-electron chi connectivity index (χ3n) is 8.61. The van der Waals surface area contributed by atoms with Crippen molar-refractivity contribution in [1.82, 2.24) is 14.8 Å². The molecule has 7 rings (SSSR count). The SMILES string of the molecule is O=C(C1CC1)N1CCC(CN2C(=O)C3(CC3)N=C2c2ccc(-c3ccc(-c4ccncc4)cc3)cc2)CC1. The molecule has 0 N–H and O–H groups in total. The van der Waals surface area contributed by atoms with Crippen LogP contribution in [-0.4, -0.2) is 57.6 Å². The van der Waals surface area contributed by atoms with Crippen molar-refractivity contribution in [3.63, 3.8) is 0 Å². The van der Waals surface area contributed by atoms with E-state index in [4.69, 9.17) is 4.99 Å². The minimum absolute atomic E-state index is 0.166. The summed E-state index contributed by atoms with van der Waals surface area (Å²) in [5, 5.41) is 0. The first-order valence-electron chi connectivity index (χ1n) is 13.9. The molecule has 1 spiro atoms. The van der Waals surface area contributed by atoms with Crippen LogP contribution in [0.25, 0.3) is 22.3 Å². The fraction of sp³-hybridized carbons (Fsp3) is 0.375. The van der Waals surface area contributed by atoms with Crippen LogP contribution in [0.1, 0.15) is 44.1 Å². The number of carbonyl (C=O) groups is 2. The third-order valence-corrected chi connectivity index (χ3v) is 8.61. The van der Waals surface area contributed by atoms with Crippen molar-refractivity contribution < 1.29 is 9.59 Å². The Bertz CT molecular complexity index is 1380. The highest BCUT2D eigenvalue weighted by atomic mass is 16.2. The summed E-state index contributed by atoms with van der Waals surface area (Å²) in [6, 6.07) is 21.1. The molecule has 2 amide bonds. The predicted molar refractivity (Wildman–Crippen MR) is 147 cm³/mol. The second-order valence-electron chi connectivity index (χ2n) is 11.3. The van der Waals surface area contributed by atoms with E-state index < -0.39 is 5.54 Å². The molecular formula is C32H32N4O2. The van der Waals surface area contributed by atoms with Crippen molar-refractivity contribution in [3.05, 3.63) is 78.6 Å². The number of likely N-dealkylation sites (tertiary alicyclic amines) is 1. The molecule has 38 heavy (non-hydrogen) atoms. The Kier molecular flexibility index (Phi) is 5.64. The van der Waals surface area contributed by atoms with E-state index >= 15 is 0 Å². The van der Waals surface area contributed by atoms with Gasteiger partial charge in [0.05, 0.1) is 0 Å². The zero-order chi connectivity index (χ0) is 25.7. The molecule has 3 heterocycles. The van der Waals surface area contributed by atoms with E-state index in [1.807, 2.05) is 34.3 Å². The number of benzene rings is 2. The van der Waals surface area contributed by atoms with Crippen LogP contribution < -0.4 is 0 Å². The molecule has 0 radical (unpaired) electrons. The Morgan fingerprint density at radius 1 is 0.763 bits per heavy atom. The Morgan fingerprint density at radius 2 is 1.29 bits per heavy atom. The van der Waals surface area contributed by atoms with Crippen LogP contribution in [0.3, 0.4) is 0 Å².